The first-order valence-electron chi connectivity index (χ1n) is 7.96. The molecule has 0 radical (unpaired) electrons. The van der Waals surface area contributed by atoms with Crippen LogP contribution in [-0.4, -0.2) is 40.5 Å². The van der Waals surface area contributed by atoms with Crippen LogP contribution in [0.3, 0.4) is 0 Å². The molecule has 2 heterocycles. The van der Waals surface area contributed by atoms with Crippen LogP contribution in [0.4, 0.5) is 13.6 Å². The number of aromatic nitrogens is 2. The first kappa shape index (κ1) is 19.5. The number of carbonyl (C=O) groups is 1. The average Bonchev–Trinajstić information content (AvgIpc) is 3.08. The molecule has 0 aliphatic rings. The molecule has 10 heteroatoms. The van der Waals surface area contributed by atoms with E-state index in [4.69, 9.17) is 5.11 Å². The van der Waals surface area contributed by atoms with Gasteiger partial charge in [-0.1, -0.05) is 0 Å². The Morgan fingerprint density at radius 1 is 1.25 bits per heavy atom. The second-order valence-corrected chi connectivity index (χ2v) is 7.80. The monoisotopic (exact) mass is 407 g/mol. The fourth-order valence-electron chi connectivity index (χ4n) is 2.63. The molecule has 3 aromatic rings. The Bertz CT molecular complexity index is 1130. The number of pyridine rings is 1. The van der Waals surface area contributed by atoms with E-state index in [1.165, 1.54) is 37.6 Å². The molecule has 0 saturated carbocycles. The topological polar surface area (TPSA) is 92.5 Å². The summed E-state index contributed by atoms with van der Waals surface area (Å²) >= 11 is 0. The molecule has 7 nitrogen and oxygen atoms in total. The van der Waals surface area contributed by atoms with Crippen molar-refractivity contribution in [3.05, 3.63) is 72.2 Å². The molecule has 0 atom stereocenters. The molecule has 0 bridgehead atoms. The first-order valence-corrected chi connectivity index (χ1v) is 9.40. The van der Waals surface area contributed by atoms with E-state index >= 15 is 0 Å². The molecule has 146 valence electrons. The van der Waals surface area contributed by atoms with Crippen LogP contribution in [0.15, 0.2) is 59.9 Å². The summed E-state index contributed by atoms with van der Waals surface area (Å²) in [5.41, 5.74) is -0.109. The van der Waals surface area contributed by atoms with E-state index in [1.54, 1.807) is 0 Å². The van der Waals surface area contributed by atoms with Crippen molar-refractivity contribution in [2.45, 2.75) is 11.4 Å². The number of hydrogen-bond acceptors (Lipinski definition) is 4. The van der Waals surface area contributed by atoms with Crippen molar-refractivity contribution in [1.82, 2.24) is 13.9 Å². The summed E-state index contributed by atoms with van der Waals surface area (Å²) in [4.78, 5) is 15.6. The van der Waals surface area contributed by atoms with Gasteiger partial charge in [0.2, 0.25) is 0 Å². The highest BCUT2D eigenvalue weighted by Gasteiger charge is 2.24. The quantitative estimate of drug-likeness (QED) is 0.701. The Morgan fingerprint density at radius 2 is 2.00 bits per heavy atom. The lowest BCUT2D eigenvalue weighted by Gasteiger charge is -2.11. The van der Waals surface area contributed by atoms with Gasteiger partial charge in [-0.2, -0.15) is 0 Å². The molecule has 1 aromatic carbocycles. The molecule has 3 rings (SSSR count). The zero-order chi connectivity index (χ0) is 20.5. The average molecular weight is 407 g/mol. The predicted octanol–water partition coefficient (Wildman–Crippen LogP) is 3.18. The molecule has 1 N–H and O–H groups in total. The Balaban J connectivity index is 2.21. The van der Waals surface area contributed by atoms with Crippen LogP contribution < -0.4 is 0 Å². The molecule has 0 fully saturated rings. The van der Waals surface area contributed by atoms with Gasteiger partial charge in [-0.3, -0.25) is 4.98 Å². The third-order valence-corrected chi connectivity index (χ3v) is 5.64. The van der Waals surface area contributed by atoms with E-state index in [-0.39, 0.29) is 28.3 Å². The third-order valence-electron chi connectivity index (χ3n) is 3.98. The summed E-state index contributed by atoms with van der Waals surface area (Å²) < 4.78 is 54.9. The van der Waals surface area contributed by atoms with Crippen molar-refractivity contribution < 1.29 is 27.1 Å². The summed E-state index contributed by atoms with van der Waals surface area (Å²) in [6.45, 7) is -0.144. The number of benzene rings is 1. The maximum absolute atomic E-state index is 14.3. The molecular formula is C18H15F2N3O4S. The largest absolute Gasteiger partial charge is 0.465 e. The van der Waals surface area contributed by atoms with Gasteiger partial charge >= 0.3 is 6.09 Å². The Morgan fingerprint density at radius 3 is 2.64 bits per heavy atom. The molecule has 2 aromatic heterocycles. The van der Waals surface area contributed by atoms with Crippen molar-refractivity contribution in [3.8, 4) is 11.3 Å². The van der Waals surface area contributed by atoms with Gasteiger partial charge in [-0.25, -0.2) is 26.0 Å². The molecular weight excluding hydrogens is 392 g/mol. The Labute approximate surface area is 159 Å². The molecule has 0 spiro atoms. The minimum absolute atomic E-state index is 0.130. The lowest BCUT2D eigenvalue weighted by Crippen LogP contribution is -2.23. The highest BCUT2D eigenvalue weighted by atomic mass is 32.2. The van der Waals surface area contributed by atoms with E-state index < -0.39 is 27.8 Å². The van der Waals surface area contributed by atoms with Gasteiger partial charge < -0.3 is 10.0 Å². The summed E-state index contributed by atoms with van der Waals surface area (Å²) in [6, 6.07) is 6.74. The number of carboxylic acid groups (broad SMARTS) is 1. The van der Waals surface area contributed by atoms with E-state index in [2.05, 4.69) is 4.98 Å². The van der Waals surface area contributed by atoms with Gasteiger partial charge in [0.1, 0.15) is 16.5 Å². The highest BCUT2D eigenvalue weighted by Crippen LogP contribution is 2.30. The first-order chi connectivity index (χ1) is 13.2. The molecule has 0 aliphatic heterocycles. The zero-order valence-corrected chi connectivity index (χ0v) is 15.4. The number of rotatable bonds is 5. The maximum Gasteiger partial charge on any atom is 0.407 e. The molecule has 0 aliphatic carbocycles. The number of amides is 1. The Kier molecular flexibility index (Phi) is 5.14. The van der Waals surface area contributed by atoms with Crippen LogP contribution in [0.1, 0.15) is 5.56 Å². The number of nitrogens with zero attached hydrogens (tertiary/aromatic N) is 3. The standard InChI is InChI=1S/C18H15F2N3O4S/c1-22(18(24)25)10-12-7-17(15-8-13(19)4-5-16(15)20)23(11-12)28(26,27)14-3-2-6-21-9-14/h2-9,11H,10H2,1H3,(H,24,25). The molecule has 1 amide bonds. The second kappa shape index (κ2) is 7.39. The second-order valence-electron chi connectivity index (χ2n) is 5.99. The van der Waals surface area contributed by atoms with Crippen molar-refractivity contribution >= 4 is 16.1 Å². The predicted molar refractivity (Wildman–Crippen MR) is 96.1 cm³/mol. The lowest BCUT2D eigenvalue weighted by atomic mass is 10.1. The number of hydrogen-bond donors (Lipinski definition) is 1. The van der Waals surface area contributed by atoms with E-state index in [0.29, 0.717) is 0 Å². The van der Waals surface area contributed by atoms with Crippen molar-refractivity contribution in [2.24, 2.45) is 0 Å². The van der Waals surface area contributed by atoms with Gasteiger partial charge in [-0.15, -0.1) is 0 Å². The summed E-state index contributed by atoms with van der Waals surface area (Å²) in [5.74, 6) is -1.56. The normalized spacial score (nSPS) is 11.4. The summed E-state index contributed by atoms with van der Waals surface area (Å²) in [7, 11) is -2.88. The fraction of sp³-hybridized carbons (Fsp3) is 0.111. The van der Waals surface area contributed by atoms with Gasteiger partial charge in [-0.05, 0) is 42.0 Å². The van der Waals surface area contributed by atoms with Crippen LogP contribution in [0.2, 0.25) is 0 Å². The highest BCUT2D eigenvalue weighted by molar-refractivity contribution is 7.90. The van der Waals surface area contributed by atoms with Gasteiger partial charge in [0.25, 0.3) is 10.0 Å². The van der Waals surface area contributed by atoms with Crippen LogP contribution >= 0.6 is 0 Å². The van der Waals surface area contributed by atoms with Crippen molar-refractivity contribution in [1.29, 1.82) is 0 Å². The van der Waals surface area contributed by atoms with E-state index in [9.17, 15) is 22.0 Å². The Hall–Kier alpha value is -3.27. The van der Waals surface area contributed by atoms with Crippen molar-refractivity contribution in [3.63, 3.8) is 0 Å². The summed E-state index contributed by atoms with van der Waals surface area (Å²) in [5, 5.41) is 9.04. The molecule has 28 heavy (non-hydrogen) atoms. The van der Waals surface area contributed by atoms with Crippen LogP contribution in [0.5, 0.6) is 0 Å². The van der Waals surface area contributed by atoms with E-state index in [1.807, 2.05) is 0 Å². The van der Waals surface area contributed by atoms with Crippen LogP contribution in [-0.2, 0) is 16.6 Å². The van der Waals surface area contributed by atoms with Crippen LogP contribution in [0, 0.1) is 11.6 Å². The lowest BCUT2D eigenvalue weighted by molar-refractivity contribution is 0.154. The minimum atomic E-state index is -4.18. The number of halogens is 2. The fourth-order valence-corrected chi connectivity index (χ4v) is 3.98. The van der Waals surface area contributed by atoms with Gasteiger partial charge in [0.15, 0.2) is 0 Å². The molecule has 0 saturated heterocycles. The zero-order valence-electron chi connectivity index (χ0n) is 14.6. The smallest absolute Gasteiger partial charge is 0.407 e. The van der Waals surface area contributed by atoms with Gasteiger partial charge in [0, 0.05) is 31.2 Å². The summed E-state index contributed by atoms with van der Waals surface area (Å²) in [6.07, 6.45) is 2.49. The van der Waals surface area contributed by atoms with E-state index in [0.717, 1.165) is 33.3 Å². The SMILES string of the molecule is CN(Cc1cc(-c2cc(F)ccc2F)n(S(=O)(=O)c2cccnc2)c1)C(=O)O. The van der Waals surface area contributed by atoms with Crippen molar-refractivity contribution in [2.75, 3.05) is 7.05 Å². The van der Waals surface area contributed by atoms with Crippen LogP contribution in [0.25, 0.3) is 11.3 Å². The molecule has 0 unspecified atom stereocenters. The third kappa shape index (κ3) is 3.72. The van der Waals surface area contributed by atoms with Gasteiger partial charge in [0.05, 0.1) is 12.2 Å². The maximum atomic E-state index is 14.3. The minimum Gasteiger partial charge on any atom is -0.465 e.